The van der Waals surface area contributed by atoms with E-state index in [1.165, 1.54) is 19.3 Å². The molecule has 1 saturated heterocycles. The molecule has 1 atom stereocenters. The van der Waals surface area contributed by atoms with E-state index in [0.717, 1.165) is 35.3 Å². The van der Waals surface area contributed by atoms with Crippen molar-refractivity contribution in [1.29, 1.82) is 0 Å². The topological polar surface area (TPSA) is 29.0 Å². The Kier molecular flexibility index (Phi) is 4.37. The van der Waals surface area contributed by atoms with Crippen LogP contribution in [-0.2, 0) is 0 Å². The van der Waals surface area contributed by atoms with Crippen molar-refractivity contribution in [3.8, 4) is 0 Å². The lowest BCUT2D eigenvalue weighted by Crippen LogP contribution is -2.25. The minimum absolute atomic E-state index is 0.798. The van der Waals surface area contributed by atoms with Gasteiger partial charge >= 0.3 is 0 Å². The van der Waals surface area contributed by atoms with Gasteiger partial charge in [-0.15, -0.1) is 0 Å². The molecule has 0 radical (unpaired) electrons. The van der Waals surface area contributed by atoms with Crippen LogP contribution in [0.2, 0.25) is 0 Å². The van der Waals surface area contributed by atoms with Gasteiger partial charge in [0.1, 0.15) is 16.7 Å². The van der Waals surface area contributed by atoms with Gasteiger partial charge in [-0.3, -0.25) is 0 Å². The van der Waals surface area contributed by atoms with Gasteiger partial charge in [-0.1, -0.05) is 13.8 Å². The first-order chi connectivity index (χ1) is 8.16. The molecule has 4 heteroatoms. The zero-order valence-corrected chi connectivity index (χ0v) is 12.2. The molecule has 1 aliphatic heterocycles. The van der Waals surface area contributed by atoms with Crippen molar-refractivity contribution in [1.82, 2.24) is 9.97 Å². The Morgan fingerprint density at radius 2 is 2.12 bits per heavy atom. The SMILES string of the molecule is CC(C)C1CCCN(c2cc(Br)ncn2)CC1. The van der Waals surface area contributed by atoms with Crippen LogP contribution in [0, 0.1) is 11.8 Å². The highest BCUT2D eigenvalue weighted by molar-refractivity contribution is 9.10. The van der Waals surface area contributed by atoms with Gasteiger partial charge in [0.05, 0.1) is 0 Å². The normalized spacial score (nSPS) is 21.6. The van der Waals surface area contributed by atoms with E-state index in [1.807, 2.05) is 6.07 Å². The quantitative estimate of drug-likeness (QED) is 0.783. The van der Waals surface area contributed by atoms with Crippen molar-refractivity contribution in [2.24, 2.45) is 11.8 Å². The van der Waals surface area contributed by atoms with Crippen LogP contribution in [0.5, 0.6) is 0 Å². The Hall–Kier alpha value is -0.640. The molecule has 3 nitrogen and oxygen atoms in total. The van der Waals surface area contributed by atoms with E-state index in [0.29, 0.717) is 0 Å². The van der Waals surface area contributed by atoms with Crippen LogP contribution < -0.4 is 4.90 Å². The van der Waals surface area contributed by atoms with E-state index in [2.05, 4.69) is 44.6 Å². The van der Waals surface area contributed by atoms with Crippen molar-refractivity contribution in [2.75, 3.05) is 18.0 Å². The summed E-state index contributed by atoms with van der Waals surface area (Å²) in [5.41, 5.74) is 0. The summed E-state index contributed by atoms with van der Waals surface area (Å²) in [5.74, 6) is 2.72. The predicted molar refractivity (Wildman–Crippen MR) is 74.1 cm³/mol. The maximum absolute atomic E-state index is 4.36. The molecule has 0 bridgehead atoms. The fraction of sp³-hybridized carbons (Fsp3) is 0.692. The third-order valence-electron chi connectivity index (χ3n) is 3.66. The molecule has 1 aromatic heterocycles. The minimum atomic E-state index is 0.798. The smallest absolute Gasteiger partial charge is 0.133 e. The van der Waals surface area contributed by atoms with Crippen molar-refractivity contribution in [3.63, 3.8) is 0 Å². The first-order valence-corrected chi connectivity index (χ1v) is 7.18. The molecule has 0 amide bonds. The van der Waals surface area contributed by atoms with Crippen LogP contribution in [0.1, 0.15) is 33.1 Å². The Balaban J connectivity index is 2.04. The molecule has 94 valence electrons. The van der Waals surface area contributed by atoms with Gasteiger partial charge in [0.15, 0.2) is 0 Å². The average Bonchev–Trinajstić information content (AvgIpc) is 2.54. The molecule has 1 aliphatic rings. The van der Waals surface area contributed by atoms with Crippen LogP contribution in [0.4, 0.5) is 5.82 Å². The highest BCUT2D eigenvalue weighted by Gasteiger charge is 2.20. The number of halogens is 1. The zero-order valence-electron chi connectivity index (χ0n) is 10.6. The Morgan fingerprint density at radius 1 is 1.29 bits per heavy atom. The van der Waals surface area contributed by atoms with Gasteiger partial charge in [0.25, 0.3) is 0 Å². The molecule has 1 fully saturated rings. The summed E-state index contributed by atoms with van der Waals surface area (Å²) in [6, 6.07) is 2.01. The van der Waals surface area contributed by atoms with Crippen LogP contribution in [-0.4, -0.2) is 23.1 Å². The number of anilines is 1. The largest absolute Gasteiger partial charge is 0.356 e. The van der Waals surface area contributed by atoms with E-state index in [-0.39, 0.29) is 0 Å². The molecule has 2 heterocycles. The Morgan fingerprint density at radius 3 is 2.82 bits per heavy atom. The first kappa shape index (κ1) is 12.8. The second-order valence-electron chi connectivity index (χ2n) is 5.12. The van der Waals surface area contributed by atoms with Crippen LogP contribution >= 0.6 is 15.9 Å². The summed E-state index contributed by atoms with van der Waals surface area (Å²) in [5, 5.41) is 0. The van der Waals surface area contributed by atoms with Crippen LogP contribution in [0.15, 0.2) is 17.0 Å². The molecule has 0 aromatic carbocycles. The third kappa shape index (κ3) is 3.41. The first-order valence-electron chi connectivity index (χ1n) is 6.39. The molecular formula is C13H20BrN3. The van der Waals surface area contributed by atoms with E-state index < -0.39 is 0 Å². The molecule has 1 aromatic rings. The molecule has 2 rings (SSSR count). The monoisotopic (exact) mass is 297 g/mol. The van der Waals surface area contributed by atoms with E-state index >= 15 is 0 Å². The number of nitrogens with zero attached hydrogens (tertiary/aromatic N) is 3. The van der Waals surface area contributed by atoms with Gasteiger partial charge in [-0.2, -0.15) is 0 Å². The summed E-state index contributed by atoms with van der Waals surface area (Å²) in [4.78, 5) is 10.8. The lowest BCUT2D eigenvalue weighted by Gasteiger charge is -2.22. The molecule has 0 N–H and O–H groups in total. The lowest BCUT2D eigenvalue weighted by molar-refractivity contribution is 0.351. The summed E-state index contributed by atoms with van der Waals surface area (Å²) in [6.07, 6.45) is 5.52. The Bertz CT molecular complexity index is 367. The fourth-order valence-electron chi connectivity index (χ4n) is 2.52. The third-order valence-corrected chi connectivity index (χ3v) is 4.09. The predicted octanol–water partition coefficient (Wildman–Crippen LogP) is 3.50. The van der Waals surface area contributed by atoms with Crippen molar-refractivity contribution < 1.29 is 0 Å². The number of rotatable bonds is 2. The number of hydrogen-bond acceptors (Lipinski definition) is 3. The molecule has 0 saturated carbocycles. The van der Waals surface area contributed by atoms with Gasteiger partial charge in [0.2, 0.25) is 0 Å². The van der Waals surface area contributed by atoms with Crippen molar-refractivity contribution in [2.45, 2.75) is 33.1 Å². The summed E-state index contributed by atoms with van der Waals surface area (Å²) in [6.45, 7) is 6.90. The molecule has 0 aliphatic carbocycles. The second kappa shape index (κ2) is 5.80. The number of hydrogen-bond donors (Lipinski definition) is 0. The number of aromatic nitrogens is 2. The van der Waals surface area contributed by atoms with E-state index in [4.69, 9.17) is 0 Å². The lowest BCUT2D eigenvalue weighted by atomic mass is 9.89. The summed E-state index contributed by atoms with van der Waals surface area (Å²) >= 11 is 3.41. The van der Waals surface area contributed by atoms with Gasteiger partial charge in [0, 0.05) is 19.2 Å². The maximum atomic E-state index is 4.36. The summed E-state index contributed by atoms with van der Waals surface area (Å²) < 4.78 is 0.868. The standard InChI is InChI=1S/C13H20BrN3/c1-10(2)11-4-3-6-17(7-5-11)13-8-12(14)15-9-16-13/h8-11H,3-7H2,1-2H3. The fourth-order valence-corrected chi connectivity index (χ4v) is 2.81. The molecule has 17 heavy (non-hydrogen) atoms. The Labute approximate surface area is 112 Å². The van der Waals surface area contributed by atoms with Gasteiger partial charge in [-0.25, -0.2) is 9.97 Å². The summed E-state index contributed by atoms with van der Waals surface area (Å²) in [7, 11) is 0. The van der Waals surface area contributed by atoms with E-state index in [1.54, 1.807) is 6.33 Å². The maximum Gasteiger partial charge on any atom is 0.133 e. The van der Waals surface area contributed by atoms with Crippen LogP contribution in [0.3, 0.4) is 0 Å². The molecule has 0 spiro atoms. The van der Waals surface area contributed by atoms with E-state index in [9.17, 15) is 0 Å². The molecular weight excluding hydrogens is 278 g/mol. The van der Waals surface area contributed by atoms with Crippen molar-refractivity contribution >= 4 is 21.7 Å². The van der Waals surface area contributed by atoms with Gasteiger partial charge in [-0.05, 0) is 47.0 Å². The highest BCUT2D eigenvalue weighted by atomic mass is 79.9. The average molecular weight is 298 g/mol. The highest BCUT2D eigenvalue weighted by Crippen LogP contribution is 2.26. The minimum Gasteiger partial charge on any atom is -0.356 e. The molecule has 1 unspecified atom stereocenters. The van der Waals surface area contributed by atoms with Gasteiger partial charge < -0.3 is 4.90 Å². The van der Waals surface area contributed by atoms with Crippen LogP contribution in [0.25, 0.3) is 0 Å². The second-order valence-corrected chi connectivity index (χ2v) is 5.93. The van der Waals surface area contributed by atoms with Crippen molar-refractivity contribution in [3.05, 3.63) is 17.0 Å². The zero-order chi connectivity index (χ0) is 12.3.